The van der Waals surface area contributed by atoms with Crippen LogP contribution in [0.5, 0.6) is 11.5 Å². The van der Waals surface area contributed by atoms with Crippen LogP contribution in [-0.2, 0) is 0 Å². The van der Waals surface area contributed by atoms with Crippen LogP contribution in [0.2, 0.25) is 15.1 Å². The Morgan fingerprint density at radius 2 is 1.38 bits per heavy atom. The highest BCUT2D eigenvalue weighted by Gasteiger charge is 2.18. The zero-order valence-electron chi connectivity index (χ0n) is 11.2. The molecule has 3 nitrogen and oxygen atoms in total. The molecule has 0 bridgehead atoms. The van der Waals surface area contributed by atoms with Crippen LogP contribution >= 0.6 is 34.8 Å². The SMILES string of the molecule is COc1cc(Cl)c(C(=O)c2cc(Cl)cc(Cl)c2)cc1OC. The number of ketones is 1. The van der Waals surface area contributed by atoms with Crippen molar-refractivity contribution in [1.82, 2.24) is 0 Å². The van der Waals surface area contributed by atoms with Crippen LogP contribution in [0.1, 0.15) is 15.9 Å². The number of carbonyl (C=O) groups excluding carboxylic acids is 1. The summed E-state index contributed by atoms with van der Waals surface area (Å²) < 4.78 is 10.3. The van der Waals surface area contributed by atoms with Crippen molar-refractivity contribution in [1.29, 1.82) is 0 Å². The maximum atomic E-state index is 12.5. The summed E-state index contributed by atoms with van der Waals surface area (Å²) >= 11 is 18.0. The summed E-state index contributed by atoms with van der Waals surface area (Å²) in [5, 5.41) is 1.01. The minimum Gasteiger partial charge on any atom is -0.493 e. The zero-order chi connectivity index (χ0) is 15.6. The third-order valence-electron chi connectivity index (χ3n) is 2.84. The van der Waals surface area contributed by atoms with Gasteiger partial charge in [-0.25, -0.2) is 0 Å². The van der Waals surface area contributed by atoms with Crippen molar-refractivity contribution in [3.63, 3.8) is 0 Å². The van der Waals surface area contributed by atoms with Gasteiger partial charge in [0.15, 0.2) is 17.3 Å². The normalized spacial score (nSPS) is 10.3. The van der Waals surface area contributed by atoms with E-state index in [0.29, 0.717) is 27.1 Å². The Kier molecular flexibility index (Phi) is 4.99. The number of hydrogen-bond acceptors (Lipinski definition) is 3. The van der Waals surface area contributed by atoms with Crippen molar-refractivity contribution in [3.8, 4) is 11.5 Å². The van der Waals surface area contributed by atoms with Crippen molar-refractivity contribution in [2.24, 2.45) is 0 Å². The van der Waals surface area contributed by atoms with Gasteiger partial charge in [-0.3, -0.25) is 4.79 Å². The number of rotatable bonds is 4. The summed E-state index contributed by atoms with van der Waals surface area (Å²) in [4.78, 5) is 12.5. The molecule has 0 amide bonds. The van der Waals surface area contributed by atoms with Crippen LogP contribution in [0.4, 0.5) is 0 Å². The fourth-order valence-corrected chi connectivity index (χ4v) is 2.63. The lowest BCUT2D eigenvalue weighted by molar-refractivity contribution is 0.103. The highest BCUT2D eigenvalue weighted by molar-refractivity contribution is 6.37. The number of methoxy groups -OCH3 is 2. The Bertz CT molecular complexity index is 679. The Morgan fingerprint density at radius 3 is 1.90 bits per heavy atom. The molecule has 0 aromatic heterocycles. The van der Waals surface area contributed by atoms with E-state index in [1.165, 1.54) is 38.5 Å². The highest BCUT2D eigenvalue weighted by Crippen LogP contribution is 2.34. The third-order valence-corrected chi connectivity index (χ3v) is 3.59. The van der Waals surface area contributed by atoms with E-state index in [9.17, 15) is 4.79 Å². The van der Waals surface area contributed by atoms with Gasteiger partial charge in [-0.1, -0.05) is 34.8 Å². The molecule has 0 saturated carbocycles. The summed E-state index contributed by atoms with van der Waals surface area (Å²) in [5.74, 6) is 0.562. The van der Waals surface area contributed by atoms with Gasteiger partial charge < -0.3 is 9.47 Å². The maximum absolute atomic E-state index is 12.5. The number of ether oxygens (including phenoxy) is 2. The van der Waals surface area contributed by atoms with Crippen LogP contribution in [0, 0.1) is 0 Å². The van der Waals surface area contributed by atoms with Gasteiger partial charge in [0.2, 0.25) is 0 Å². The van der Waals surface area contributed by atoms with E-state index < -0.39 is 0 Å². The van der Waals surface area contributed by atoms with Gasteiger partial charge in [-0.2, -0.15) is 0 Å². The molecule has 0 saturated heterocycles. The standard InChI is InChI=1S/C15H11Cl3O3/c1-20-13-6-11(12(18)7-14(13)21-2)15(19)8-3-9(16)5-10(17)4-8/h3-7H,1-2H3. The fourth-order valence-electron chi connectivity index (χ4n) is 1.87. The first-order valence-electron chi connectivity index (χ1n) is 5.88. The molecule has 110 valence electrons. The molecule has 0 radical (unpaired) electrons. The largest absolute Gasteiger partial charge is 0.493 e. The number of hydrogen-bond donors (Lipinski definition) is 0. The zero-order valence-corrected chi connectivity index (χ0v) is 13.5. The van der Waals surface area contributed by atoms with Gasteiger partial charge in [-0.15, -0.1) is 0 Å². The van der Waals surface area contributed by atoms with E-state index in [2.05, 4.69) is 0 Å². The molecule has 0 aliphatic carbocycles. The quantitative estimate of drug-likeness (QED) is 0.740. The van der Waals surface area contributed by atoms with Crippen LogP contribution in [-0.4, -0.2) is 20.0 Å². The van der Waals surface area contributed by atoms with E-state index in [1.807, 2.05) is 0 Å². The van der Waals surface area contributed by atoms with Gasteiger partial charge in [0.05, 0.1) is 19.2 Å². The molecule has 21 heavy (non-hydrogen) atoms. The summed E-state index contributed by atoms with van der Waals surface area (Å²) in [5.41, 5.74) is 0.634. The van der Waals surface area contributed by atoms with Crippen molar-refractivity contribution in [3.05, 3.63) is 56.5 Å². The summed E-state index contributed by atoms with van der Waals surface area (Å²) in [6.07, 6.45) is 0. The van der Waals surface area contributed by atoms with E-state index >= 15 is 0 Å². The minimum atomic E-state index is -0.301. The first kappa shape index (κ1) is 16.0. The van der Waals surface area contributed by atoms with Crippen LogP contribution in [0.3, 0.4) is 0 Å². The molecular weight excluding hydrogens is 335 g/mol. The lowest BCUT2D eigenvalue weighted by atomic mass is 10.0. The molecule has 2 aromatic carbocycles. The first-order valence-corrected chi connectivity index (χ1v) is 7.02. The van der Waals surface area contributed by atoms with E-state index in [4.69, 9.17) is 44.3 Å². The van der Waals surface area contributed by atoms with E-state index in [1.54, 1.807) is 6.07 Å². The molecule has 2 rings (SSSR count). The Balaban J connectivity index is 2.52. The second kappa shape index (κ2) is 6.56. The molecule has 2 aromatic rings. The van der Waals surface area contributed by atoms with Crippen molar-refractivity contribution in [2.45, 2.75) is 0 Å². The topological polar surface area (TPSA) is 35.5 Å². The number of carbonyl (C=O) groups is 1. The molecule has 0 aliphatic rings. The Labute approximate surface area is 137 Å². The van der Waals surface area contributed by atoms with Crippen LogP contribution in [0.25, 0.3) is 0 Å². The van der Waals surface area contributed by atoms with Gasteiger partial charge in [0, 0.05) is 27.2 Å². The van der Waals surface area contributed by atoms with Gasteiger partial charge in [0.1, 0.15) is 0 Å². The molecule has 0 heterocycles. The smallest absolute Gasteiger partial charge is 0.194 e. The first-order chi connectivity index (χ1) is 9.96. The van der Waals surface area contributed by atoms with Crippen molar-refractivity contribution < 1.29 is 14.3 Å². The van der Waals surface area contributed by atoms with Gasteiger partial charge in [0.25, 0.3) is 0 Å². The van der Waals surface area contributed by atoms with Gasteiger partial charge >= 0.3 is 0 Å². The number of halogens is 3. The lowest BCUT2D eigenvalue weighted by Crippen LogP contribution is -2.04. The molecule has 0 N–H and O–H groups in total. The predicted octanol–water partition coefficient (Wildman–Crippen LogP) is 4.90. The molecule has 0 atom stereocenters. The summed E-state index contributed by atoms with van der Waals surface area (Å²) in [6, 6.07) is 7.67. The molecular formula is C15H11Cl3O3. The molecule has 0 unspecified atom stereocenters. The van der Waals surface area contributed by atoms with E-state index in [0.717, 1.165) is 0 Å². The molecule has 0 spiro atoms. The average Bonchev–Trinajstić information content (AvgIpc) is 2.45. The molecule has 6 heteroatoms. The monoisotopic (exact) mass is 344 g/mol. The lowest BCUT2D eigenvalue weighted by Gasteiger charge is -2.11. The Hall–Kier alpha value is -1.42. The van der Waals surface area contributed by atoms with Crippen molar-refractivity contribution in [2.75, 3.05) is 14.2 Å². The maximum Gasteiger partial charge on any atom is 0.194 e. The molecule has 0 aliphatic heterocycles. The predicted molar refractivity (Wildman–Crippen MR) is 84.5 cm³/mol. The molecule has 0 fully saturated rings. The summed E-state index contributed by atoms with van der Waals surface area (Å²) in [7, 11) is 2.97. The second-order valence-corrected chi connectivity index (χ2v) is 5.45. The Morgan fingerprint density at radius 1 is 0.857 bits per heavy atom. The number of benzene rings is 2. The van der Waals surface area contributed by atoms with Gasteiger partial charge in [-0.05, 0) is 24.3 Å². The minimum absolute atomic E-state index is 0.258. The van der Waals surface area contributed by atoms with Crippen LogP contribution < -0.4 is 9.47 Å². The third kappa shape index (κ3) is 3.43. The fraction of sp³-hybridized carbons (Fsp3) is 0.133. The van der Waals surface area contributed by atoms with Crippen molar-refractivity contribution >= 4 is 40.6 Å². The van der Waals surface area contributed by atoms with Crippen LogP contribution in [0.15, 0.2) is 30.3 Å². The summed E-state index contributed by atoms with van der Waals surface area (Å²) in [6.45, 7) is 0. The second-order valence-electron chi connectivity index (χ2n) is 4.17. The average molecular weight is 346 g/mol. The van der Waals surface area contributed by atoms with E-state index in [-0.39, 0.29) is 16.4 Å². The highest BCUT2D eigenvalue weighted by atomic mass is 35.5.